The maximum Gasteiger partial charge on any atom is 0.272 e. The Morgan fingerprint density at radius 2 is 1.50 bits per heavy atom. The van der Waals surface area contributed by atoms with Crippen molar-refractivity contribution >= 4 is 11.6 Å². The Kier molecular flexibility index (Phi) is 5.08. The Labute approximate surface area is 167 Å². The van der Waals surface area contributed by atoms with E-state index in [-0.39, 0.29) is 5.91 Å². The molecule has 0 atom stereocenters. The number of aromatic nitrogens is 1. The first kappa shape index (κ1) is 18.5. The molecular formula is C25H28N2O. The minimum atomic E-state index is -0.0112. The molecule has 3 aromatic rings. The fourth-order valence-electron chi connectivity index (χ4n) is 4.24. The number of hydrogen-bond acceptors (Lipinski definition) is 1. The molecule has 0 bridgehead atoms. The van der Waals surface area contributed by atoms with Gasteiger partial charge in [0.2, 0.25) is 0 Å². The quantitative estimate of drug-likeness (QED) is 0.636. The van der Waals surface area contributed by atoms with E-state index in [9.17, 15) is 4.79 Å². The van der Waals surface area contributed by atoms with Crippen molar-refractivity contribution in [2.24, 2.45) is 0 Å². The van der Waals surface area contributed by atoms with Crippen LogP contribution < -0.4 is 5.32 Å². The fourth-order valence-corrected chi connectivity index (χ4v) is 4.24. The van der Waals surface area contributed by atoms with Gasteiger partial charge in [0.05, 0.1) is 0 Å². The highest BCUT2D eigenvalue weighted by molar-refractivity contribution is 6.04. The zero-order valence-electron chi connectivity index (χ0n) is 17.0. The van der Waals surface area contributed by atoms with Crippen molar-refractivity contribution in [1.29, 1.82) is 0 Å². The number of carbonyl (C=O) groups is 1. The predicted octanol–water partition coefficient (Wildman–Crippen LogP) is 5.59. The van der Waals surface area contributed by atoms with Crippen molar-refractivity contribution in [1.82, 2.24) is 4.57 Å². The molecule has 1 aromatic heterocycles. The van der Waals surface area contributed by atoms with Crippen LogP contribution >= 0.6 is 0 Å². The van der Waals surface area contributed by atoms with E-state index in [0.29, 0.717) is 0 Å². The van der Waals surface area contributed by atoms with Gasteiger partial charge in [-0.05, 0) is 75.3 Å². The Hall–Kier alpha value is -2.81. The molecular weight excluding hydrogens is 344 g/mol. The number of benzene rings is 2. The highest BCUT2D eigenvalue weighted by Crippen LogP contribution is 2.31. The highest BCUT2D eigenvalue weighted by Gasteiger charge is 2.26. The lowest BCUT2D eigenvalue weighted by atomic mass is 9.95. The van der Waals surface area contributed by atoms with Crippen LogP contribution in [0.5, 0.6) is 0 Å². The summed E-state index contributed by atoms with van der Waals surface area (Å²) >= 11 is 0. The summed E-state index contributed by atoms with van der Waals surface area (Å²) in [6.07, 6.45) is 4.54. The van der Waals surface area contributed by atoms with Crippen molar-refractivity contribution in [2.45, 2.75) is 53.0 Å². The van der Waals surface area contributed by atoms with Crippen LogP contribution in [0.2, 0.25) is 0 Å². The second kappa shape index (κ2) is 7.67. The van der Waals surface area contributed by atoms with E-state index in [4.69, 9.17) is 0 Å². The van der Waals surface area contributed by atoms with Crippen LogP contribution in [0.3, 0.4) is 0 Å². The third kappa shape index (κ3) is 3.62. The molecule has 0 saturated carbocycles. The molecule has 0 spiro atoms. The summed E-state index contributed by atoms with van der Waals surface area (Å²) in [5.41, 5.74) is 9.21. The van der Waals surface area contributed by atoms with Gasteiger partial charge < -0.3 is 9.88 Å². The van der Waals surface area contributed by atoms with Gasteiger partial charge in [-0.2, -0.15) is 0 Å². The summed E-state index contributed by atoms with van der Waals surface area (Å²) in [6, 6.07) is 16.6. The van der Waals surface area contributed by atoms with Gasteiger partial charge in [0.25, 0.3) is 5.91 Å². The van der Waals surface area contributed by atoms with E-state index in [2.05, 4.69) is 54.9 Å². The van der Waals surface area contributed by atoms with Crippen LogP contribution in [0.25, 0.3) is 0 Å². The molecule has 1 amide bonds. The number of amides is 1. The normalized spacial score (nSPS) is 13.2. The predicted molar refractivity (Wildman–Crippen MR) is 115 cm³/mol. The third-order valence-electron chi connectivity index (χ3n) is 5.83. The molecule has 0 saturated heterocycles. The van der Waals surface area contributed by atoms with Crippen LogP contribution in [-0.4, -0.2) is 10.5 Å². The SMILES string of the molecule is Cc1ccc(Cn2c3c(c(C)c2C(=O)Nc2ccc(C)cc2)CCCC3)cc1. The van der Waals surface area contributed by atoms with E-state index >= 15 is 0 Å². The van der Waals surface area contributed by atoms with Crippen LogP contribution in [0.1, 0.15) is 56.8 Å². The molecule has 3 heteroatoms. The molecule has 1 heterocycles. The standard InChI is InChI=1S/C25H28N2O/c1-17-8-12-20(13-9-17)16-27-23-7-5-4-6-22(23)19(3)24(27)25(28)26-21-14-10-18(2)11-15-21/h8-15H,4-7,16H2,1-3H3,(H,26,28). The largest absolute Gasteiger partial charge is 0.336 e. The number of nitrogens with one attached hydrogen (secondary N) is 1. The summed E-state index contributed by atoms with van der Waals surface area (Å²) < 4.78 is 2.26. The minimum Gasteiger partial charge on any atom is -0.336 e. The average Bonchev–Trinajstić information content (AvgIpc) is 2.98. The first-order chi connectivity index (χ1) is 13.5. The molecule has 0 unspecified atom stereocenters. The van der Waals surface area contributed by atoms with E-state index in [1.165, 1.54) is 40.8 Å². The first-order valence-corrected chi connectivity index (χ1v) is 10.2. The van der Waals surface area contributed by atoms with Crippen molar-refractivity contribution in [3.8, 4) is 0 Å². The smallest absolute Gasteiger partial charge is 0.272 e. The summed E-state index contributed by atoms with van der Waals surface area (Å²) in [7, 11) is 0. The summed E-state index contributed by atoms with van der Waals surface area (Å²) in [6.45, 7) is 7.01. The maximum absolute atomic E-state index is 13.3. The molecule has 144 valence electrons. The molecule has 0 fully saturated rings. The highest BCUT2D eigenvalue weighted by atomic mass is 16.2. The van der Waals surface area contributed by atoms with Crippen LogP contribution in [0.4, 0.5) is 5.69 Å². The molecule has 28 heavy (non-hydrogen) atoms. The van der Waals surface area contributed by atoms with Crippen molar-refractivity contribution in [3.63, 3.8) is 0 Å². The van der Waals surface area contributed by atoms with Crippen molar-refractivity contribution in [2.75, 3.05) is 5.32 Å². The molecule has 1 N–H and O–H groups in total. The number of carbonyl (C=O) groups excluding carboxylic acids is 1. The van der Waals surface area contributed by atoms with E-state index in [0.717, 1.165) is 36.3 Å². The van der Waals surface area contributed by atoms with E-state index in [1.807, 2.05) is 24.3 Å². The lowest BCUT2D eigenvalue weighted by Crippen LogP contribution is -2.20. The molecule has 2 aromatic carbocycles. The number of aryl methyl sites for hydroxylation is 2. The second-order valence-corrected chi connectivity index (χ2v) is 8.00. The van der Waals surface area contributed by atoms with Gasteiger partial charge in [0, 0.05) is 17.9 Å². The van der Waals surface area contributed by atoms with Gasteiger partial charge in [-0.15, -0.1) is 0 Å². The Bertz CT molecular complexity index is 995. The van der Waals surface area contributed by atoms with E-state index in [1.54, 1.807) is 0 Å². The van der Waals surface area contributed by atoms with Gasteiger partial charge in [-0.1, -0.05) is 47.5 Å². The summed E-state index contributed by atoms with van der Waals surface area (Å²) in [5.74, 6) is -0.0112. The molecule has 1 aliphatic carbocycles. The van der Waals surface area contributed by atoms with Gasteiger partial charge in [0.15, 0.2) is 0 Å². The van der Waals surface area contributed by atoms with Gasteiger partial charge >= 0.3 is 0 Å². The zero-order chi connectivity index (χ0) is 19.7. The molecule has 1 aliphatic rings. The topological polar surface area (TPSA) is 34.0 Å². The molecule has 0 aliphatic heterocycles. The first-order valence-electron chi connectivity index (χ1n) is 10.2. The zero-order valence-corrected chi connectivity index (χ0v) is 17.0. The third-order valence-corrected chi connectivity index (χ3v) is 5.83. The van der Waals surface area contributed by atoms with Crippen molar-refractivity contribution in [3.05, 3.63) is 87.7 Å². The number of nitrogens with zero attached hydrogens (tertiary/aromatic N) is 1. The van der Waals surface area contributed by atoms with Gasteiger partial charge in [-0.3, -0.25) is 4.79 Å². The van der Waals surface area contributed by atoms with Gasteiger partial charge in [0.1, 0.15) is 5.69 Å². The monoisotopic (exact) mass is 372 g/mol. The minimum absolute atomic E-state index is 0.0112. The van der Waals surface area contributed by atoms with Crippen LogP contribution in [-0.2, 0) is 19.4 Å². The van der Waals surface area contributed by atoms with Crippen LogP contribution in [0.15, 0.2) is 48.5 Å². The van der Waals surface area contributed by atoms with E-state index < -0.39 is 0 Å². The van der Waals surface area contributed by atoms with Gasteiger partial charge in [-0.25, -0.2) is 0 Å². The fraction of sp³-hybridized carbons (Fsp3) is 0.320. The summed E-state index contributed by atoms with van der Waals surface area (Å²) in [4.78, 5) is 13.3. The molecule has 0 radical (unpaired) electrons. The van der Waals surface area contributed by atoms with Crippen molar-refractivity contribution < 1.29 is 4.79 Å². The molecule has 4 rings (SSSR count). The van der Waals surface area contributed by atoms with Crippen LogP contribution in [0, 0.1) is 20.8 Å². The number of hydrogen-bond donors (Lipinski definition) is 1. The Morgan fingerprint density at radius 3 is 2.18 bits per heavy atom. The Morgan fingerprint density at radius 1 is 0.893 bits per heavy atom. The Balaban J connectivity index is 1.72. The molecule has 3 nitrogen and oxygen atoms in total. The summed E-state index contributed by atoms with van der Waals surface area (Å²) in [5, 5.41) is 3.11. The average molecular weight is 373 g/mol. The number of fused-ring (bicyclic) bond motifs is 1. The lowest BCUT2D eigenvalue weighted by molar-refractivity contribution is 0.101. The number of anilines is 1. The maximum atomic E-state index is 13.3. The lowest BCUT2D eigenvalue weighted by Gasteiger charge is -2.17. The number of rotatable bonds is 4. The second-order valence-electron chi connectivity index (χ2n) is 8.00.